The lowest BCUT2D eigenvalue weighted by molar-refractivity contribution is -0.137. The van der Waals surface area contributed by atoms with Gasteiger partial charge in [-0.25, -0.2) is 4.79 Å². The molecule has 0 saturated heterocycles. The summed E-state index contributed by atoms with van der Waals surface area (Å²) >= 11 is 0. The smallest absolute Gasteiger partial charge is 0.412 e. The van der Waals surface area contributed by atoms with Gasteiger partial charge in [-0.05, 0) is 50.8 Å². The zero-order valence-corrected chi connectivity index (χ0v) is 15.3. The van der Waals surface area contributed by atoms with Crippen molar-refractivity contribution in [3.05, 3.63) is 40.2 Å². The summed E-state index contributed by atoms with van der Waals surface area (Å²) in [5.41, 5.74) is 2.02. The highest BCUT2D eigenvalue weighted by atomic mass is 19.4. The summed E-state index contributed by atoms with van der Waals surface area (Å²) in [5, 5.41) is 2.69. The van der Waals surface area contributed by atoms with Crippen molar-refractivity contribution in [3.8, 4) is 0 Å². The molecule has 27 heavy (non-hydrogen) atoms. The Morgan fingerprint density at radius 2 is 2.07 bits per heavy atom. The molecule has 0 saturated carbocycles. The third-order valence-corrected chi connectivity index (χ3v) is 5.18. The Bertz CT molecular complexity index is 849. The van der Waals surface area contributed by atoms with E-state index in [0.29, 0.717) is 11.4 Å². The third kappa shape index (κ3) is 3.40. The second kappa shape index (κ2) is 6.90. The molecule has 5 nitrogen and oxygen atoms in total. The number of aromatic nitrogens is 1. The standard InChI is InChI=1S/C19H21F3N2O3/c1-4-27-16(25)8-7-14-10(2)11(3)17-18(26)23-13-9-12(19(20,21)22)5-6-15(13)24(14)17/h7-9,13,15H,4-6H2,1-3H3,(H,23,26)/b8-7+. The number of esters is 1. The molecular weight excluding hydrogens is 361 g/mol. The van der Waals surface area contributed by atoms with Gasteiger partial charge >= 0.3 is 12.1 Å². The number of ether oxygens (including phenoxy) is 1. The molecule has 1 amide bonds. The fraction of sp³-hybridized carbons (Fsp3) is 0.474. The molecule has 3 rings (SSSR count). The van der Waals surface area contributed by atoms with Gasteiger partial charge in [-0.1, -0.05) is 6.08 Å². The van der Waals surface area contributed by atoms with Gasteiger partial charge in [0.2, 0.25) is 0 Å². The van der Waals surface area contributed by atoms with E-state index in [1.54, 1.807) is 24.5 Å². The van der Waals surface area contributed by atoms with Crippen LogP contribution in [-0.2, 0) is 9.53 Å². The first-order chi connectivity index (χ1) is 12.6. The number of alkyl halides is 3. The Kier molecular flexibility index (Phi) is 4.92. The largest absolute Gasteiger partial charge is 0.463 e. The summed E-state index contributed by atoms with van der Waals surface area (Å²) in [7, 11) is 0. The molecule has 1 aliphatic heterocycles. The Labute approximate surface area is 154 Å². The molecule has 1 aromatic heterocycles. The molecule has 0 bridgehead atoms. The highest BCUT2D eigenvalue weighted by molar-refractivity contribution is 5.97. The number of hydrogen-bond donors (Lipinski definition) is 1. The summed E-state index contributed by atoms with van der Waals surface area (Å²) < 4.78 is 45.9. The molecule has 0 fully saturated rings. The van der Waals surface area contributed by atoms with Crippen LogP contribution in [0.3, 0.4) is 0 Å². The minimum Gasteiger partial charge on any atom is -0.463 e. The van der Waals surface area contributed by atoms with Crippen LogP contribution in [0.2, 0.25) is 0 Å². The highest BCUT2D eigenvalue weighted by Crippen LogP contribution is 2.41. The van der Waals surface area contributed by atoms with Crippen LogP contribution in [0.4, 0.5) is 13.2 Å². The molecule has 2 heterocycles. The van der Waals surface area contributed by atoms with E-state index in [0.717, 1.165) is 17.2 Å². The molecule has 0 aromatic carbocycles. The number of hydrogen-bond acceptors (Lipinski definition) is 3. The van der Waals surface area contributed by atoms with Crippen LogP contribution in [-0.4, -0.2) is 35.3 Å². The maximum atomic E-state index is 13.1. The lowest BCUT2D eigenvalue weighted by Gasteiger charge is -2.38. The lowest BCUT2D eigenvalue weighted by atomic mass is 9.88. The summed E-state index contributed by atoms with van der Waals surface area (Å²) in [5.74, 6) is -0.919. The number of carbonyl (C=O) groups is 2. The van der Waals surface area contributed by atoms with Crippen LogP contribution < -0.4 is 5.32 Å². The fourth-order valence-electron chi connectivity index (χ4n) is 3.80. The molecule has 0 radical (unpaired) electrons. The number of halogens is 3. The molecule has 146 valence electrons. The van der Waals surface area contributed by atoms with Crippen molar-refractivity contribution in [2.75, 3.05) is 6.61 Å². The minimum absolute atomic E-state index is 0.114. The summed E-state index contributed by atoms with van der Waals surface area (Å²) in [6.45, 7) is 5.56. The number of allylic oxidation sites excluding steroid dienone is 1. The van der Waals surface area contributed by atoms with Crippen molar-refractivity contribution < 1.29 is 27.5 Å². The van der Waals surface area contributed by atoms with E-state index < -0.39 is 29.7 Å². The Morgan fingerprint density at radius 3 is 2.70 bits per heavy atom. The predicted molar refractivity (Wildman–Crippen MR) is 93.2 cm³/mol. The van der Waals surface area contributed by atoms with Gasteiger partial charge < -0.3 is 14.6 Å². The zero-order valence-electron chi connectivity index (χ0n) is 15.3. The van der Waals surface area contributed by atoms with E-state index in [2.05, 4.69) is 5.32 Å². The number of nitrogens with one attached hydrogen (secondary N) is 1. The topological polar surface area (TPSA) is 60.3 Å². The Balaban J connectivity index is 2.06. The van der Waals surface area contributed by atoms with Crippen LogP contribution in [0.25, 0.3) is 6.08 Å². The van der Waals surface area contributed by atoms with Crippen molar-refractivity contribution >= 4 is 18.0 Å². The van der Waals surface area contributed by atoms with Gasteiger partial charge in [-0.3, -0.25) is 4.79 Å². The summed E-state index contributed by atoms with van der Waals surface area (Å²) in [6, 6.07) is -1.07. The van der Waals surface area contributed by atoms with Crippen LogP contribution in [0, 0.1) is 13.8 Å². The number of amides is 1. The monoisotopic (exact) mass is 382 g/mol. The van der Waals surface area contributed by atoms with E-state index in [1.165, 1.54) is 6.08 Å². The Morgan fingerprint density at radius 1 is 1.37 bits per heavy atom. The van der Waals surface area contributed by atoms with E-state index >= 15 is 0 Å². The van der Waals surface area contributed by atoms with Crippen LogP contribution in [0.5, 0.6) is 0 Å². The zero-order chi connectivity index (χ0) is 19.9. The second-order valence-corrected chi connectivity index (χ2v) is 6.73. The average Bonchev–Trinajstić information content (AvgIpc) is 2.84. The summed E-state index contributed by atoms with van der Waals surface area (Å²) in [6.07, 6.45) is -0.305. The highest BCUT2D eigenvalue weighted by Gasteiger charge is 2.43. The number of nitrogens with zero attached hydrogens (tertiary/aromatic N) is 1. The van der Waals surface area contributed by atoms with Crippen LogP contribution >= 0.6 is 0 Å². The first-order valence-electron chi connectivity index (χ1n) is 8.80. The van der Waals surface area contributed by atoms with E-state index in [1.807, 2.05) is 6.92 Å². The van der Waals surface area contributed by atoms with Crippen molar-refractivity contribution in [2.45, 2.75) is 51.9 Å². The maximum Gasteiger partial charge on any atom is 0.412 e. The minimum atomic E-state index is -4.40. The van der Waals surface area contributed by atoms with Crippen molar-refractivity contribution in [1.29, 1.82) is 0 Å². The van der Waals surface area contributed by atoms with Crippen molar-refractivity contribution in [2.24, 2.45) is 0 Å². The summed E-state index contributed by atoms with van der Waals surface area (Å²) in [4.78, 5) is 24.2. The van der Waals surface area contributed by atoms with Gasteiger partial charge in [0.1, 0.15) is 5.69 Å². The third-order valence-electron chi connectivity index (χ3n) is 5.18. The molecule has 2 unspecified atom stereocenters. The normalized spacial score (nSPS) is 22.1. The first-order valence-corrected chi connectivity index (χ1v) is 8.80. The molecule has 8 heteroatoms. The molecule has 0 spiro atoms. The Hall–Kier alpha value is -2.51. The van der Waals surface area contributed by atoms with Gasteiger partial charge in [0.15, 0.2) is 0 Å². The second-order valence-electron chi connectivity index (χ2n) is 6.73. The predicted octanol–water partition coefficient (Wildman–Crippen LogP) is 3.62. The fourth-order valence-corrected chi connectivity index (χ4v) is 3.80. The van der Waals surface area contributed by atoms with Gasteiger partial charge in [0, 0.05) is 17.3 Å². The van der Waals surface area contributed by atoms with Gasteiger partial charge in [0.25, 0.3) is 5.91 Å². The van der Waals surface area contributed by atoms with Gasteiger partial charge in [-0.2, -0.15) is 13.2 Å². The SMILES string of the molecule is CCOC(=O)/C=C/c1c(C)c(C)c2n1C1CCC(C(F)(F)F)=CC1NC2=O. The van der Waals surface area contributed by atoms with E-state index in [4.69, 9.17) is 4.74 Å². The van der Waals surface area contributed by atoms with Gasteiger partial charge in [0.05, 0.1) is 18.7 Å². The quantitative estimate of drug-likeness (QED) is 0.494. The van der Waals surface area contributed by atoms with Crippen molar-refractivity contribution in [3.63, 3.8) is 0 Å². The van der Waals surface area contributed by atoms with Crippen molar-refractivity contribution in [1.82, 2.24) is 9.88 Å². The number of fused-ring (bicyclic) bond motifs is 3. The molecule has 2 aliphatic rings. The molecule has 1 aliphatic carbocycles. The molecule has 2 atom stereocenters. The van der Waals surface area contributed by atoms with Crippen LogP contribution in [0.15, 0.2) is 17.7 Å². The molecular formula is C19H21F3N2O3. The van der Waals surface area contributed by atoms with E-state index in [9.17, 15) is 22.8 Å². The first kappa shape index (κ1) is 19.3. The van der Waals surface area contributed by atoms with E-state index in [-0.39, 0.29) is 25.5 Å². The van der Waals surface area contributed by atoms with Crippen LogP contribution in [0.1, 0.15) is 53.1 Å². The number of carbonyl (C=O) groups excluding carboxylic acids is 2. The average molecular weight is 382 g/mol. The molecule has 1 aromatic rings. The molecule has 1 N–H and O–H groups in total. The lowest BCUT2D eigenvalue weighted by Crippen LogP contribution is -2.49. The number of rotatable bonds is 3. The maximum absolute atomic E-state index is 13.1. The van der Waals surface area contributed by atoms with Gasteiger partial charge in [-0.15, -0.1) is 0 Å².